The summed E-state index contributed by atoms with van der Waals surface area (Å²) in [5.74, 6) is 2.09. The molecular formula is C23H24ClFN2O3. The normalized spacial score (nSPS) is 16.8. The molecule has 0 radical (unpaired) electrons. The molecule has 2 aromatic carbocycles. The average molecular weight is 431 g/mol. The highest BCUT2D eigenvalue weighted by atomic mass is 35.5. The lowest BCUT2D eigenvalue weighted by molar-refractivity contribution is 0.00419. The zero-order valence-corrected chi connectivity index (χ0v) is 17.3. The molecule has 5 nitrogen and oxygen atoms in total. The van der Waals surface area contributed by atoms with Gasteiger partial charge in [-0.1, -0.05) is 53.0 Å². The summed E-state index contributed by atoms with van der Waals surface area (Å²) in [6, 6.07) is 13.8. The first-order valence-corrected chi connectivity index (χ1v) is 10.1. The molecule has 158 valence electrons. The van der Waals surface area contributed by atoms with Crippen LogP contribution in [-0.2, 0) is 16.1 Å². The van der Waals surface area contributed by atoms with E-state index in [1.807, 2.05) is 24.3 Å². The lowest BCUT2D eigenvalue weighted by Gasteiger charge is -2.27. The van der Waals surface area contributed by atoms with E-state index in [0.717, 1.165) is 16.8 Å². The molecule has 2 aromatic rings. The molecule has 1 aliphatic heterocycles. The third-order valence-electron chi connectivity index (χ3n) is 4.69. The molecule has 0 bridgehead atoms. The first-order valence-electron chi connectivity index (χ1n) is 9.69. The van der Waals surface area contributed by atoms with Crippen molar-refractivity contribution in [3.8, 4) is 12.3 Å². The van der Waals surface area contributed by atoms with Crippen molar-refractivity contribution in [1.29, 1.82) is 0 Å². The molecule has 2 atom stereocenters. The number of benzene rings is 2. The number of aliphatic hydroxyl groups excluding tert-OH is 1. The van der Waals surface area contributed by atoms with E-state index in [9.17, 15) is 9.50 Å². The first-order chi connectivity index (χ1) is 14.5. The van der Waals surface area contributed by atoms with E-state index in [0.29, 0.717) is 31.1 Å². The number of oxime groups is 1. The Balaban J connectivity index is 1.62. The molecule has 3 rings (SSSR count). The van der Waals surface area contributed by atoms with Gasteiger partial charge in [-0.3, -0.25) is 4.90 Å². The second-order valence-electron chi connectivity index (χ2n) is 7.13. The van der Waals surface area contributed by atoms with E-state index < -0.39 is 6.10 Å². The van der Waals surface area contributed by atoms with Gasteiger partial charge in [0.2, 0.25) is 0 Å². The second kappa shape index (κ2) is 11.1. The Morgan fingerprint density at radius 3 is 2.80 bits per heavy atom. The van der Waals surface area contributed by atoms with E-state index >= 15 is 0 Å². The Labute approximate surface area is 181 Å². The van der Waals surface area contributed by atoms with Crippen molar-refractivity contribution in [2.45, 2.75) is 25.2 Å². The first kappa shape index (κ1) is 22.3. The summed E-state index contributed by atoms with van der Waals surface area (Å²) in [6.07, 6.45) is 4.88. The van der Waals surface area contributed by atoms with Gasteiger partial charge in [-0.15, -0.1) is 6.42 Å². The van der Waals surface area contributed by atoms with Gasteiger partial charge in [0.15, 0.2) is 0 Å². The van der Waals surface area contributed by atoms with Crippen LogP contribution in [0, 0.1) is 18.2 Å². The van der Waals surface area contributed by atoms with Crippen LogP contribution in [-0.4, -0.2) is 54.2 Å². The minimum Gasteiger partial charge on any atom is -0.390 e. The fourth-order valence-electron chi connectivity index (χ4n) is 3.30. The smallest absolute Gasteiger partial charge is 0.145 e. The SMILES string of the molecule is C#CCOC[C@H](O)CN(Cc1ccccc1Cl)C[C@H]1CC(c2ccc(F)cc2)=NO1. The van der Waals surface area contributed by atoms with E-state index in [1.54, 1.807) is 12.1 Å². The Bertz CT molecular complexity index is 898. The van der Waals surface area contributed by atoms with Gasteiger partial charge in [0.1, 0.15) is 18.5 Å². The summed E-state index contributed by atoms with van der Waals surface area (Å²) >= 11 is 6.32. The van der Waals surface area contributed by atoms with Crippen LogP contribution in [0.3, 0.4) is 0 Å². The molecule has 0 unspecified atom stereocenters. The number of aliphatic hydroxyl groups is 1. The quantitative estimate of drug-likeness (QED) is 0.463. The largest absolute Gasteiger partial charge is 0.390 e. The standard InChI is InChI=1S/C23H24ClFN2O3/c1-2-11-29-16-20(28)14-27(13-18-5-3-4-6-22(18)24)15-21-12-23(26-30-21)17-7-9-19(25)10-8-17/h1,3-10,20-21,28H,11-16H2/t20-,21-/m1/s1. The minimum atomic E-state index is -0.709. The number of hydrogen-bond donors (Lipinski definition) is 1. The predicted molar refractivity (Wildman–Crippen MR) is 115 cm³/mol. The van der Waals surface area contributed by atoms with Gasteiger partial charge < -0.3 is 14.7 Å². The monoisotopic (exact) mass is 430 g/mol. The minimum absolute atomic E-state index is 0.145. The van der Waals surface area contributed by atoms with E-state index in [4.69, 9.17) is 27.6 Å². The summed E-state index contributed by atoms with van der Waals surface area (Å²) in [7, 11) is 0. The van der Waals surface area contributed by atoms with Crippen molar-refractivity contribution in [2.75, 3.05) is 26.3 Å². The number of rotatable bonds is 10. The summed E-state index contributed by atoms with van der Waals surface area (Å²) in [4.78, 5) is 7.66. The van der Waals surface area contributed by atoms with Crippen LogP contribution in [0.25, 0.3) is 0 Å². The highest BCUT2D eigenvalue weighted by Gasteiger charge is 2.26. The van der Waals surface area contributed by atoms with Gasteiger partial charge in [0.25, 0.3) is 0 Å². The lowest BCUT2D eigenvalue weighted by Crippen LogP contribution is -2.39. The molecule has 0 spiro atoms. The van der Waals surface area contributed by atoms with Crippen molar-refractivity contribution in [1.82, 2.24) is 4.90 Å². The van der Waals surface area contributed by atoms with Crippen molar-refractivity contribution in [3.63, 3.8) is 0 Å². The van der Waals surface area contributed by atoms with Gasteiger partial charge in [-0.25, -0.2) is 4.39 Å². The maximum absolute atomic E-state index is 13.2. The van der Waals surface area contributed by atoms with Crippen LogP contribution in [0.15, 0.2) is 53.7 Å². The summed E-state index contributed by atoms with van der Waals surface area (Å²) in [5, 5.41) is 15.2. The Hall–Kier alpha value is -2.43. The van der Waals surface area contributed by atoms with E-state index in [1.165, 1.54) is 12.1 Å². The Morgan fingerprint density at radius 2 is 2.07 bits per heavy atom. The number of terminal acetylenes is 1. The number of halogens is 2. The number of hydrogen-bond acceptors (Lipinski definition) is 5. The summed E-state index contributed by atoms with van der Waals surface area (Å²) < 4.78 is 18.4. The van der Waals surface area contributed by atoms with E-state index in [-0.39, 0.29) is 25.1 Å². The maximum Gasteiger partial charge on any atom is 0.145 e. The third kappa shape index (κ3) is 6.54. The van der Waals surface area contributed by atoms with Gasteiger partial charge in [0, 0.05) is 31.1 Å². The summed E-state index contributed by atoms with van der Waals surface area (Å²) in [5.41, 5.74) is 2.56. The van der Waals surface area contributed by atoms with Crippen LogP contribution < -0.4 is 0 Å². The number of ether oxygens (including phenoxy) is 1. The highest BCUT2D eigenvalue weighted by molar-refractivity contribution is 6.31. The molecule has 0 saturated heterocycles. The topological polar surface area (TPSA) is 54.3 Å². The van der Waals surface area contributed by atoms with Crippen LogP contribution in [0.4, 0.5) is 4.39 Å². The molecule has 0 aromatic heterocycles. The molecule has 0 aliphatic carbocycles. The van der Waals surface area contributed by atoms with Crippen molar-refractivity contribution >= 4 is 17.3 Å². The zero-order valence-electron chi connectivity index (χ0n) is 16.5. The maximum atomic E-state index is 13.2. The van der Waals surface area contributed by atoms with Crippen molar-refractivity contribution in [3.05, 3.63) is 70.5 Å². The second-order valence-corrected chi connectivity index (χ2v) is 7.54. The van der Waals surface area contributed by atoms with Gasteiger partial charge in [-0.05, 0) is 29.3 Å². The molecule has 0 amide bonds. The molecule has 0 saturated carbocycles. The van der Waals surface area contributed by atoms with Crippen LogP contribution in [0.5, 0.6) is 0 Å². The van der Waals surface area contributed by atoms with Crippen LogP contribution in [0.1, 0.15) is 17.5 Å². The molecule has 1 heterocycles. The average Bonchev–Trinajstić information content (AvgIpc) is 3.19. The van der Waals surface area contributed by atoms with Crippen molar-refractivity contribution in [2.24, 2.45) is 5.16 Å². The molecule has 1 N–H and O–H groups in total. The van der Waals surface area contributed by atoms with Gasteiger partial charge in [-0.2, -0.15) is 0 Å². The highest BCUT2D eigenvalue weighted by Crippen LogP contribution is 2.21. The lowest BCUT2D eigenvalue weighted by atomic mass is 10.0. The van der Waals surface area contributed by atoms with Crippen LogP contribution >= 0.6 is 11.6 Å². The Kier molecular flexibility index (Phi) is 8.23. The number of nitrogens with zero attached hydrogens (tertiary/aromatic N) is 2. The molecule has 1 aliphatic rings. The molecule has 30 heavy (non-hydrogen) atoms. The van der Waals surface area contributed by atoms with Gasteiger partial charge >= 0.3 is 0 Å². The fourth-order valence-corrected chi connectivity index (χ4v) is 3.50. The predicted octanol–water partition coefficient (Wildman–Crippen LogP) is 3.49. The molecular weight excluding hydrogens is 407 g/mol. The Morgan fingerprint density at radius 1 is 1.30 bits per heavy atom. The third-order valence-corrected chi connectivity index (χ3v) is 5.06. The summed E-state index contributed by atoms with van der Waals surface area (Å²) in [6.45, 7) is 1.74. The molecule has 0 fully saturated rings. The fraction of sp³-hybridized carbons (Fsp3) is 0.348. The van der Waals surface area contributed by atoms with E-state index in [2.05, 4.69) is 16.0 Å². The van der Waals surface area contributed by atoms with Crippen LogP contribution in [0.2, 0.25) is 5.02 Å². The zero-order chi connectivity index (χ0) is 21.3. The van der Waals surface area contributed by atoms with Crippen molar-refractivity contribution < 1.29 is 19.1 Å². The molecule has 7 heteroatoms. The van der Waals surface area contributed by atoms with Gasteiger partial charge in [0.05, 0.1) is 18.4 Å².